The van der Waals surface area contributed by atoms with Crippen LogP contribution in [0.1, 0.15) is 42.2 Å². The monoisotopic (exact) mass is 378 g/mol. The first-order valence-corrected chi connectivity index (χ1v) is 9.10. The van der Waals surface area contributed by atoms with Gasteiger partial charge in [0.15, 0.2) is 5.69 Å². The average molecular weight is 378 g/mol. The van der Waals surface area contributed by atoms with E-state index in [1.807, 2.05) is 24.3 Å². The third-order valence-corrected chi connectivity index (χ3v) is 4.77. The minimum Gasteiger partial charge on any atom is -0.364 e. The van der Waals surface area contributed by atoms with E-state index in [9.17, 15) is 14.4 Å². The van der Waals surface area contributed by atoms with E-state index in [-0.39, 0.29) is 17.6 Å². The van der Waals surface area contributed by atoms with Gasteiger partial charge in [-0.2, -0.15) is 5.10 Å². The molecular formula is C21H22N4O3. The van der Waals surface area contributed by atoms with Crippen LogP contribution in [0.3, 0.4) is 0 Å². The topological polar surface area (TPSA) is 107 Å². The van der Waals surface area contributed by atoms with Crippen molar-refractivity contribution in [2.24, 2.45) is 5.73 Å². The van der Waals surface area contributed by atoms with Gasteiger partial charge in [0.1, 0.15) is 6.54 Å². The molecule has 1 aromatic heterocycles. The Bertz CT molecular complexity index is 1090. The number of carbonyl (C=O) groups is 2. The molecule has 1 heterocycles. The maximum atomic E-state index is 12.6. The summed E-state index contributed by atoms with van der Waals surface area (Å²) in [4.78, 5) is 36.7. The summed E-state index contributed by atoms with van der Waals surface area (Å²) in [6, 6.07) is 14.1. The summed E-state index contributed by atoms with van der Waals surface area (Å²) in [6.45, 7) is 3.94. The summed E-state index contributed by atoms with van der Waals surface area (Å²) in [5, 5.41) is 7.40. The van der Waals surface area contributed by atoms with Crippen LogP contribution >= 0.6 is 0 Å². The predicted octanol–water partition coefficient (Wildman–Crippen LogP) is 2.65. The zero-order chi connectivity index (χ0) is 20.3. The second-order valence-corrected chi connectivity index (χ2v) is 6.70. The van der Waals surface area contributed by atoms with Crippen molar-refractivity contribution in [1.82, 2.24) is 9.78 Å². The maximum absolute atomic E-state index is 12.6. The van der Waals surface area contributed by atoms with Crippen molar-refractivity contribution in [3.63, 3.8) is 0 Å². The fraction of sp³-hybridized carbons (Fsp3) is 0.238. The number of nitrogens with one attached hydrogen (secondary N) is 1. The second-order valence-electron chi connectivity index (χ2n) is 6.70. The van der Waals surface area contributed by atoms with Crippen LogP contribution in [0.4, 0.5) is 5.69 Å². The molecule has 3 aromatic rings. The summed E-state index contributed by atoms with van der Waals surface area (Å²) < 4.78 is 0.964. The quantitative estimate of drug-likeness (QED) is 0.687. The number of nitrogens with zero attached hydrogens (tertiary/aromatic N) is 2. The molecule has 2 aromatic carbocycles. The van der Waals surface area contributed by atoms with E-state index >= 15 is 0 Å². The summed E-state index contributed by atoms with van der Waals surface area (Å²) in [5.41, 5.74) is 6.71. The molecular weight excluding hydrogens is 356 g/mol. The number of aromatic nitrogens is 2. The molecule has 0 radical (unpaired) electrons. The van der Waals surface area contributed by atoms with Crippen molar-refractivity contribution in [1.29, 1.82) is 0 Å². The van der Waals surface area contributed by atoms with Gasteiger partial charge in [-0.1, -0.05) is 44.2 Å². The smallest absolute Gasteiger partial charge is 0.275 e. The van der Waals surface area contributed by atoms with Crippen molar-refractivity contribution < 1.29 is 9.59 Å². The molecule has 2 amide bonds. The molecule has 0 aliphatic carbocycles. The minimum absolute atomic E-state index is 0.0408. The van der Waals surface area contributed by atoms with Gasteiger partial charge >= 0.3 is 0 Å². The van der Waals surface area contributed by atoms with Crippen molar-refractivity contribution in [3.05, 3.63) is 70.1 Å². The highest BCUT2D eigenvalue weighted by Crippen LogP contribution is 2.20. The third-order valence-electron chi connectivity index (χ3n) is 4.77. The van der Waals surface area contributed by atoms with Crippen molar-refractivity contribution in [2.45, 2.75) is 32.7 Å². The van der Waals surface area contributed by atoms with Gasteiger partial charge in [-0.05, 0) is 36.1 Å². The Kier molecular flexibility index (Phi) is 5.54. The lowest BCUT2D eigenvalue weighted by Gasteiger charge is -2.12. The van der Waals surface area contributed by atoms with Gasteiger partial charge in [-0.3, -0.25) is 14.4 Å². The lowest BCUT2D eigenvalue weighted by molar-refractivity contribution is -0.117. The van der Waals surface area contributed by atoms with Crippen LogP contribution in [0.2, 0.25) is 0 Å². The number of carbonyl (C=O) groups excluding carboxylic acids is 2. The molecule has 144 valence electrons. The molecule has 0 fully saturated rings. The fourth-order valence-corrected chi connectivity index (χ4v) is 2.99. The molecule has 7 nitrogen and oxygen atoms in total. The van der Waals surface area contributed by atoms with Crippen molar-refractivity contribution in [2.75, 3.05) is 5.32 Å². The number of hydrogen-bond donors (Lipinski definition) is 2. The summed E-state index contributed by atoms with van der Waals surface area (Å²) in [5.74, 6) is -0.736. The van der Waals surface area contributed by atoms with E-state index in [4.69, 9.17) is 5.73 Å². The van der Waals surface area contributed by atoms with Crippen LogP contribution in [0.25, 0.3) is 10.8 Å². The number of amides is 2. The first kappa shape index (κ1) is 19.3. The van der Waals surface area contributed by atoms with E-state index in [0.717, 1.165) is 11.1 Å². The minimum atomic E-state index is -0.758. The Morgan fingerprint density at radius 1 is 1.11 bits per heavy atom. The highest BCUT2D eigenvalue weighted by atomic mass is 16.2. The van der Waals surface area contributed by atoms with Crippen LogP contribution in [0.15, 0.2) is 53.3 Å². The van der Waals surface area contributed by atoms with Crippen LogP contribution in [-0.4, -0.2) is 21.6 Å². The number of hydrogen-bond acceptors (Lipinski definition) is 4. The van der Waals surface area contributed by atoms with Gasteiger partial charge in [0.25, 0.3) is 11.5 Å². The number of primary amides is 1. The Labute approximate surface area is 162 Å². The molecule has 0 bridgehead atoms. The van der Waals surface area contributed by atoms with E-state index in [1.54, 1.807) is 24.3 Å². The SMILES string of the molecule is CC[C@@H](C)c1ccc(NC(=O)Cn2nc(C(N)=O)c3ccccc3c2=O)cc1. The van der Waals surface area contributed by atoms with Crippen LogP contribution in [0.5, 0.6) is 0 Å². The Morgan fingerprint density at radius 2 is 1.75 bits per heavy atom. The third kappa shape index (κ3) is 3.93. The number of nitrogens with two attached hydrogens (primary N) is 1. The van der Waals surface area contributed by atoms with E-state index in [0.29, 0.717) is 17.0 Å². The van der Waals surface area contributed by atoms with Crippen LogP contribution in [0, 0.1) is 0 Å². The van der Waals surface area contributed by atoms with E-state index in [1.165, 1.54) is 5.56 Å². The molecule has 0 unspecified atom stereocenters. The summed E-state index contributed by atoms with van der Waals surface area (Å²) in [7, 11) is 0. The molecule has 1 atom stereocenters. The number of anilines is 1. The molecule has 0 saturated heterocycles. The van der Waals surface area contributed by atoms with Gasteiger partial charge in [0, 0.05) is 11.1 Å². The van der Waals surface area contributed by atoms with Crippen molar-refractivity contribution >= 4 is 28.3 Å². The summed E-state index contributed by atoms with van der Waals surface area (Å²) >= 11 is 0. The highest BCUT2D eigenvalue weighted by molar-refractivity contribution is 6.04. The Morgan fingerprint density at radius 3 is 2.36 bits per heavy atom. The van der Waals surface area contributed by atoms with E-state index < -0.39 is 17.4 Å². The van der Waals surface area contributed by atoms with Crippen LogP contribution < -0.4 is 16.6 Å². The Balaban J connectivity index is 1.84. The number of rotatable bonds is 6. The van der Waals surface area contributed by atoms with Gasteiger partial charge in [-0.25, -0.2) is 4.68 Å². The number of fused-ring (bicyclic) bond motifs is 1. The maximum Gasteiger partial charge on any atom is 0.275 e. The predicted molar refractivity (Wildman–Crippen MR) is 108 cm³/mol. The molecule has 0 saturated carbocycles. The molecule has 0 spiro atoms. The molecule has 0 aliphatic rings. The molecule has 0 aliphatic heterocycles. The van der Waals surface area contributed by atoms with Crippen molar-refractivity contribution in [3.8, 4) is 0 Å². The lowest BCUT2D eigenvalue weighted by Crippen LogP contribution is -2.32. The zero-order valence-corrected chi connectivity index (χ0v) is 15.8. The second kappa shape index (κ2) is 8.04. The first-order valence-electron chi connectivity index (χ1n) is 9.10. The Hall–Kier alpha value is -3.48. The van der Waals surface area contributed by atoms with Gasteiger partial charge in [0.05, 0.1) is 5.39 Å². The first-order chi connectivity index (χ1) is 13.4. The highest BCUT2D eigenvalue weighted by Gasteiger charge is 2.16. The van der Waals surface area contributed by atoms with Gasteiger partial charge < -0.3 is 11.1 Å². The lowest BCUT2D eigenvalue weighted by atomic mass is 9.99. The average Bonchev–Trinajstić information content (AvgIpc) is 2.70. The molecule has 28 heavy (non-hydrogen) atoms. The molecule has 3 N–H and O–H groups in total. The zero-order valence-electron chi connectivity index (χ0n) is 15.8. The van der Waals surface area contributed by atoms with Gasteiger partial charge in [-0.15, -0.1) is 0 Å². The number of benzene rings is 2. The van der Waals surface area contributed by atoms with Gasteiger partial charge in [0.2, 0.25) is 5.91 Å². The standard InChI is InChI=1S/C21H22N4O3/c1-3-13(2)14-8-10-15(11-9-14)23-18(26)12-25-21(28)17-7-5-4-6-16(17)19(24-25)20(22)27/h4-11,13H,3,12H2,1-2H3,(H2,22,27)(H,23,26)/t13-/m1/s1. The van der Waals surface area contributed by atoms with Crippen LogP contribution in [-0.2, 0) is 11.3 Å². The molecule has 7 heteroatoms. The largest absolute Gasteiger partial charge is 0.364 e. The molecule has 3 rings (SSSR count). The fourth-order valence-electron chi connectivity index (χ4n) is 2.99. The van der Waals surface area contributed by atoms with E-state index in [2.05, 4.69) is 24.3 Å². The normalized spacial score (nSPS) is 11.9. The summed E-state index contributed by atoms with van der Waals surface area (Å²) in [6.07, 6.45) is 1.03.